The molecule has 3 saturated heterocycles. The van der Waals surface area contributed by atoms with E-state index in [1.165, 1.54) is 0 Å². The SMILES string of the molecule is C=CCN(C)C(=O)[C@@H]1[C@H]2C(=O)N([C@@H](CO)[C@@H](C)CC)C(C(=O)N(CC=C)Cn3nnc4ccccc43)C23CC[C@H]1O3. The summed E-state index contributed by atoms with van der Waals surface area (Å²) in [6.45, 7) is 11.9. The largest absolute Gasteiger partial charge is 0.394 e. The molecule has 4 heterocycles. The molecule has 3 fully saturated rings. The summed E-state index contributed by atoms with van der Waals surface area (Å²) in [6, 6.07) is 5.87. The van der Waals surface area contributed by atoms with Gasteiger partial charge in [-0.05, 0) is 30.9 Å². The molecule has 220 valence electrons. The second kappa shape index (κ2) is 11.4. The molecule has 0 radical (unpaired) electrons. The van der Waals surface area contributed by atoms with Crippen molar-refractivity contribution in [1.29, 1.82) is 0 Å². The Morgan fingerprint density at radius 2 is 1.98 bits per heavy atom. The number of para-hydroxylation sites is 1. The van der Waals surface area contributed by atoms with E-state index in [1.54, 1.807) is 38.6 Å². The molecule has 7 atom stereocenters. The molecule has 2 bridgehead atoms. The Labute approximate surface area is 240 Å². The highest BCUT2D eigenvalue weighted by molar-refractivity contribution is 5.99. The molecule has 11 nitrogen and oxygen atoms in total. The van der Waals surface area contributed by atoms with E-state index in [1.807, 2.05) is 38.1 Å². The first-order chi connectivity index (χ1) is 19.7. The normalized spacial score (nSPS) is 28.0. The molecule has 3 aliphatic heterocycles. The molecule has 1 aromatic carbocycles. The van der Waals surface area contributed by atoms with Gasteiger partial charge in [0.1, 0.15) is 23.8 Å². The average molecular weight is 565 g/mol. The van der Waals surface area contributed by atoms with Crippen LogP contribution in [0.25, 0.3) is 11.0 Å². The molecule has 11 heteroatoms. The van der Waals surface area contributed by atoms with Crippen LogP contribution < -0.4 is 0 Å². The minimum atomic E-state index is -1.17. The highest BCUT2D eigenvalue weighted by atomic mass is 16.5. The van der Waals surface area contributed by atoms with Crippen LogP contribution in [0.3, 0.4) is 0 Å². The number of carbonyl (C=O) groups is 3. The first-order valence-corrected chi connectivity index (χ1v) is 14.4. The maximum absolute atomic E-state index is 14.7. The van der Waals surface area contributed by atoms with Crippen molar-refractivity contribution in [2.45, 2.75) is 63.6 Å². The van der Waals surface area contributed by atoms with Crippen LogP contribution in [0.15, 0.2) is 49.6 Å². The van der Waals surface area contributed by atoms with Gasteiger partial charge in [0, 0.05) is 20.1 Å². The van der Waals surface area contributed by atoms with Gasteiger partial charge in [-0.3, -0.25) is 14.4 Å². The number of aliphatic hydroxyl groups is 1. The van der Waals surface area contributed by atoms with Crippen molar-refractivity contribution < 1.29 is 24.2 Å². The van der Waals surface area contributed by atoms with Crippen LogP contribution in [0.2, 0.25) is 0 Å². The van der Waals surface area contributed by atoms with Crippen molar-refractivity contribution in [2.24, 2.45) is 17.8 Å². The van der Waals surface area contributed by atoms with Crippen LogP contribution in [-0.4, -0.2) is 103 Å². The van der Waals surface area contributed by atoms with Crippen molar-refractivity contribution in [3.63, 3.8) is 0 Å². The van der Waals surface area contributed by atoms with Gasteiger partial charge in [-0.25, -0.2) is 4.68 Å². The summed E-state index contributed by atoms with van der Waals surface area (Å²) in [5.74, 6) is -2.42. The molecule has 1 spiro atoms. The predicted octanol–water partition coefficient (Wildman–Crippen LogP) is 1.83. The summed E-state index contributed by atoms with van der Waals surface area (Å²) in [5, 5.41) is 19.0. The fourth-order valence-electron chi connectivity index (χ4n) is 7.09. The lowest BCUT2D eigenvalue weighted by Gasteiger charge is -2.40. The van der Waals surface area contributed by atoms with Gasteiger partial charge >= 0.3 is 0 Å². The van der Waals surface area contributed by atoms with Crippen molar-refractivity contribution in [1.82, 2.24) is 29.7 Å². The van der Waals surface area contributed by atoms with Crippen LogP contribution in [0, 0.1) is 17.8 Å². The molecule has 2 aromatic rings. The molecule has 1 N–H and O–H groups in total. The lowest BCUT2D eigenvalue weighted by atomic mass is 9.70. The maximum atomic E-state index is 14.7. The minimum Gasteiger partial charge on any atom is -0.394 e. The van der Waals surface area contributed by atoms with Crippen LogP contribution in [0.4, 0.5) is 0 Å². The predicted molar refractivity (Wildman–Crippen MR) is 152 cm³/mol. The Kier molecular flexibility index (Phi) is 8.02. The van der Waals surface area contributed by atoms with Gasteiger partial charge in [0.25, 0.3) is 0 Å². The highest BCUT2D eigenvalue weighted by Crippen LogP contribution is 2.59. The topological polar surface area (TPSA) is 121 Å². The molecule has 0 saturated carbocycles. The number of likely N-dealkylation sites (N-methyl/N-ethyl adjacent to an activating group) is 1. The molecule has 0 aliphatic carbocycles. The van der Waals surface area contributed by atoms with Gasteiger partial charge in [-0.15, -0.1) is 18.3 Å². The third-order valence-electron chi connectivity index (χ3n) is 9.27. The second-order valence-electron chi connectivity index (χ2n) is 11.5. The van der Waals surface area contributed by atoms with Crippen molar-refractivity contribution in [3.05, 3.63) is 49.6 Å². The Bertz CT molecular complexity index is 1340. The summed E-state index contributed by atoms with van der Waals surface area (Å²) < 4.78 is 8.24. The van der Waals surface area contributed by atoms with Gasteiger partial charge in [-0.1, -0.05) is 49.8 Å². The van der Waals surface area contributed by atoms with E-state index in [0.717, 1.165) is 5.52 Å². The van der Waals surface area contributed by atoms with Gasteiger partial charge < -0.3 is 24.5 Å². The van der Waals surface area contributed by atoms with Crippen LogP contribution in [-0.2, 0) is 25.8 Å². The number of carbonyl (C=O) groups excluding carboxylic acids is 3. The van der Waals surface area contributed by atoms with E-state index in [0.29, 0.717) is 31.3 Å². The third kappa shape index (κ3) is 4.55. The number of amides is 3. The van der Waals surface area contributed by atoms with Crippen molar-refractivity contribution >= 4 is 28.8 Å². The van der Waals surface area contributed by atoms with Gasteiger partial charge in [0.05, 0.1) is 36.1 Å². The van der Waals surface area contributed by atoms with Crippen molar-refractivity contribution in [2.75, 3.05) is 26.7 Å². The standard InChI is InChI=1S/C30H40N6O5/c1-6-15-33(5)27(38)24-23-13-14-30(41-23)25(24)28(39)36(22(17-37)19(4)8-3)26(30)29(40)34(16-7-2)18-35-21-12-10-9-11-20(21)31-32-35/h6-7,9-12,19,22-26,37H,1-2,8,13-18H2,3-5H3/t19-,22-,23+,24-,25-,26?,30?/m0/s1. The summed E-state index contributed by atoms with van der Waals surface area (Å²) in [5.41, 5.74) is 0.306. The average Bonchev–Trinajstić information content (AvgIpc) is 3.72. The highest BCUT2D eigenvalue weighted by Gasteiger charge is 2.75. The Morgan fingerprint density at radius 3 is 2.66 bits per heavy atom. The van der Waals surface area contributed by atoms with Gasteiger partial charge in [-0.2, -0.15) is 0 Å². The van der Waals surface area contributed by atoms with E-state index < -0.39 is 35.6 Å². The fraction of sp³-hybridized carbons (Fsp3) is 0.567. The number of fused-ring (bicyclic) bond motifs is 2. The van der Waals surface area contributed by atoms with Crippen LogP contribution in [0.5, 0.6) is 0 Å². The Hall–Kier alpha value is -3.57. The molecular weight excluding hydrogens is 524 g/mol. The molecule has 5 rings (SSSR count). The van der Waals surface area contributed by atoms with E-state index in [-0.39, 0.29) is 43.5 Å². The Morgan fingerprint density at radius 1 is 1.24 bits per heavy atom. The lowest BCUT2D eigenvalue weighted by molar-refractivity contribution is -0.154. The number of aromatic nitrogens is 3. The van der Waals surface area contributed by atoms with Gasteiger partial charge in [0.2, 0.25) is 17.7 Å². The van der Waals surface area contributed by atoms with E-state index in [2.05, 4.69) is 23.5 Å². The zero-order valence-electron chi connectivity index (χ0n) is 24.1. The number of rotatable bonds is 12. The second-order valence-corrected chi connectivity index (χ2v) is 11.5. The number of likely N-dealkylation sites (tertiary alicyclic amines) is 1. The fourth-order valence-corrected chi connectivity index (χ4v) is 7.09. The molecule has 3 aliphatic rings. The van der Waals surface area contributed by atoms with E-state index in [4.69, 9.17) is 4.74 Å². The smallest absolute Gasteiger partial charge is 0.250 e. The number of nitrogens with zero attached hydrogens (tertiary/aromatic N) is 6. The van der Waals surface area contributed by atoms with Gasteiger partial charge in [0.15, 0.2) is 0 Å². The molecule has 1 aromatic heterocycles. The number of benzene rings is 1. The molecular formula is C30H40N6O5. The van der Waals surface area contributed by atoms with E-state index in [9.17, 15) is 19.5 Å². The first-order valence-electron chi connectivity index (χ1n) is 14.4. The van der Waals surface area contributed by atoms with Crippen molar-refractivity contribution in [3.8, 4) is 0 Å². The zero-order valence-corrected chi connectivity index (χ0v) is 24.1. The summed E-state index contributed by atoms with van der Waals surface area (Å²) in [7, 11) is 1.69. The third-order valence-corrected chi connectivity index (χ3v) is 9.27. The summed E-state index contributed by atoms with van der Waals surface area (Å²) in [4.78, 5) is 47.4. The summed E-state index contributed by atoms with van der Waals surface area (Å²) >= 11 is 0. The molecule has 41 heavy (non-hydrogen) atoms. The van der Waals surface area contributed by atoms with E-state index >= 15 is 0 Å². The molecule has 3 amide bonds. The lowest BCUT2D eigenvalue weighted by Crippen LogP contribution is -2.60. The minimum absolute atomic E-state index is 0.0867. The quantitative estimate of drug-likeness (QED) is 0.391. The number of hydrogen-bond donors (Lipinski definition) is 1. The Balaban J connectivity index is 1.57. The summed E-state index contributed by atoms with van der Waals surface area (Å²) in [6.07, 6.45) is 4.56. The number of hydrogen-bond acceptors (Lipinski definition) is 7. The molecule has 2 unspecified atom stereocenters. The first kappa shape index (κ1) is 28.9. The zero-order chi connectivity index (χ0) is 29.5. The maximum Gasteiger partial charge on any atom is 0.250 e. The van der Waals surface area contributed by atoms with Crippen LogP contribution in [0.1, 0.15) is 33.1 Å². The number of ether oxygens (including phenoxy) is 1. The van der Waals surface area contributed by atoms with Crippen LogP contribution >= 0.6 is 0 Å². The monoisotopic (exact) mass is 564 g/mol. The number of aliphatic hydroxyl groups excluding tert-OH is 1.